The molecule has 0 aliphatic heterocycles. The van der Waals surface area contributed by atoms with Gasteiger partial charge in [0.05, 0.1) is 25.8 Å². The van der Waals surface area contributed by atoms with Gasteiger partial charge < -0.3 is 15.0 Å². The summed E-state index contributed by atoms with van der Waals surface area (Å²) in [4.78, 5) is 36.0. The van der Waals surface area contributed by atoms with E-state index in [-0.39, 0.29) is 17.9 Å². The van der Waals surface area contributed by atoms with Gasteiger partial charge in [0.15, 0.2) is 5.16 Å². The van der Waals surface area contributed by atoms with Gasteiger partial charge in [-0.25, -0.2) is 4.98 Å². The molecule has 3 rings (SSSR count). The number of ether oxygens (including phenoxy) is 1. The summed E-state index contributed by atoms with van der Waals surface area (Å²) in [6, 6.07) is 13.2. The summed E-state index contributed by atoms with van der Waals surface area (Å²) >= 11 is 1.43. The highest BCUT2D eigenvalue weighted by molar-refractivity contribution is 7.98. The highest BCUT2D eigenvalue weighted by Gasteiger charge is 2.13. The number of carbonyl (C=O) groups is 1. The second kappa shape index (κ2) is 9.88. The van der Waals surface area contributed by atoms with Crippen LogP contribution in [-0.4, -0.2) is 28.0 Å². The topological polar surface area (TPSA) is 97.0 Å². The number of methoxy groups -OCH3 is 1. The average molecular weight is 410 g/mol. The number of nitrogens with zero attached hydrogens (tertiary/aromatic N) is 2. The van der Waals surface area contributed by atoms with Crippen LogP contribution in [0, 0.1) is 6.92 Å². The number of carbonyl (C=O) groups excluding carboxylic acids is 1. The molecule has 8 heteroatoms. The number of pyridine rings is 1. The van der Waals surface area contributed by atoms with Crippen LogP contribution in [-0.2, 0) is 23.5 Å². The predicted molar refractivity (Wildman–Crippen MR) is 112 cm³/mol. The molecule has 150 valence electrons. The molecule has 0 atom stereocenters. The van der Waals surface area contributed by atoms with E-state index in [0.717, 1.165) is 17.0 Å². The van der Waals surface area contributed by atoms with Crippen molar-refractivity contribution < 1.29 is 9.53 Å². The van der Waals surface area contributed by atoms with Gasteiger partial charge in [-0.15, -0.1) is 0 Å². The Morgan fingerprint density at radius 3 is 2.83 bits per heavy atom. The first-order valence-corrected chi connectivity index (χ1v) is 10.1. The van der Waals surface area contributed by atoms with Crippen molar-refractivity contribution in [3.63, 3.8) is 0 Å². The Bertz CT molecular complexity index is 1040. The Kier molecular flexibility index (Phi) is 7.02. The number of aromatic amines is 1. The standard InChI is InChI=1S/C21H22N4O3S/c1-14-18(11-19(26)23-12-16-7-3-4-9-22-16)20(27)25-21(24-14)29-13-15-6-5-8-17(10-15)28-2/h3-10H,11-13H2,1-2H3,(H,23,26)(H,24,25,27). The first-order chi connectivity index (χ1) is 14.0. The molecule has 2 heterocycles. The van der Waals surface area contributed by atoms with Crippen molar-refractivity contribution in [1.82, 2.24) is 20.3 Å². The second-order valence-electron chi connectivity index (χ2n) is 6.35. The van der Waals surface area contributed by atoms with Crippen LogP contribution in [0.1, 0.15) is 22.5 Å². The summed E-state index contributed by atoms with van der Waals surface area (Å²) in [5.41, 5.74) is 2.45. The number of rotatable bonds is 8. The van der Waals surface area contributed by atoms with E-state index in [1.807, 2.05) is 42.5 Å². The third-order valence-corrected chi connectivity index (χ3v) is 5.18. The van der Waals surface area contributed by atoms with Gasteiger partial charge >= 0.3 is 0 Å². The van der Waals surface area contributed by atoms with Gasteiger partial charge in [-0.1, -0.05) is 30.0 Å². The minimum atomic E-state index is -0.293. The van der Waals surface area contributed by atoms with Crippen molar-refractivity contribution >= 4 is 17.7 Å². The number of amides is 1. The molecule has 0 aliphatic rings. The molecule has 3 aromatic rings. The lowest BCUT2D eigenvalue weighted by Crippen LogP contribution is -2.29. The smallest absolute Gasteiger partial charge is 0.255 e. The van der Waals surface area contributed by atoms with Gasteiger partial charge in [0.25, 0.3) is 5.56 Å². The molecule has 0 aliphatic carbocycles. The molecule has 0 saturated carbocycles. The molecule has 2 aromatic heterocycles. The van der Waals surface area contributed by atoms with E-state index >= 15 is 0 Å². The van der Waals surface area contributed by atoms with Crippen LogP contribution in [0.3, 0.4) is 0 Å². The number of nitrogens with one attached hydrogen (secondary N) is 2. The third-order valence-electron chi connectivity index (χ3n) is 4.24. The Balaban J connectivity index is 1.61. The van der Waals surface area contributed by atoms with Crippen LogP contribution in [0.4, 0.5) is 0 Å². The van der Waals surface area contributed by atoms with Gasteiger partial charge in [0.2, 0.25) is 5.91 Å². The highest BCUT2D eigenvalue weighted by atomic mass is 32.2. The normalized spacial score (nSPS) is 10.6. The Morgan fingerprint density at radius 2 is 2.10 bits per heavy atom. The zero-order valence-electron chi connectivity index (χ0n) is 16.3. The molecule has 7 nitrogen and oxygen atoms in total. The summed E-state index contributed by atoms with van der Waals surface area (Å²) in [7, 11) is 1.62. The maximum absolute atomic E-state index is 12.5. The number of aryl methyl sites for hydroxylation is 1. The number of thioether (sulfide) groups is 1. The fourth-order valence-electron chi connectivity index (χ4n) is 2.69. The number of hydrogen-bond donors (Lipinski definition) is 2. The summed E-state index contributed by atoms with van der Waals surface area (Å²) in [6.07, 6.45) is 1.64. The van der Waals surface area contributed by atoms with Crippen LogP contribution < -0.4 is 15.6 Å². The van der Waals surface area contributed by atoms with Crippen molar-refractivity contribution in [2.45, 2.75) is 30.8 Å². The van der Waals surface area contributed by atoms with Gasteiger partial charge in [0.1, 0.15) is 5.75 Å². The van der Waals surface area contributed by atoms with Crippen LogP contribution in [0.25, 0.3) is 0 Å². The van der Waals surface area contributed by atoms with Gasteiger partial charge in [-0.2, -0.15) is 0 Å². The summed E-state index contributed by atoms with van der Waals surface area (Å²) in [6.45, 7) is 2.06. The number of H-pyrrole nitrogens is 1. The van der Waals surface area contributed by atoms with Gasteiger partial charge in [-0.05, 0) is 36.8 Å². The molecular formula is C21H22N4O3S. The first kappa shape index (κ1) is 20.6. The number of benzene rings is 1. The van der Waals surface area contributed by atoms with E-state index in [9.17, 15) is 9.59 Å². The Hall–Kier alpha value is -3.13. The summed E-state index contributed by atoms with van der Waals surface area (Å²) in [5.74, 6) is 1.18. The van der Waals surface area contributed by atoms with Crippen molar-refractivity contribution in [1.29, 1.82) is 0 Å². The largest absolute Gasteiger partial charge is 0.497 e. The quantitative estimate of drug-likeness (QED) is 0.438. The molecule has 0 fully saturated rings. The molecular weight excluding hydrogens is 388 g/mol. The van der Waals surface area contributed by atoms with Crippen LogP contribution >= 0.6 is 11.8 Å². The van der Waals surface area contributed by atoms with E-state index in [1.165, 1.54) is 11.8 Å². The molecule has 0 saturated heterocycles. The maximum Gasteiger partial charge on any atom is 0.255 e. The second-order valence-corrected chi connectivity index (χ2v) is 7.31. The minimum absolute atomic E-state index is 0.0260. The fraction of sp³-hybridized carbons (Fsp3) is 0.238. The molecule has 0 bridgehead atoms. The van der Waals surface area contributed by atoms with Gasteiger partial charge in [0, 0.05) is 23.2 Å². The van der Waals surface area contributed by atoms with Crippen molar-refractivity contribution in [3.05, 3.63) is 81.5 Å². The van der Waals surface area contributed by atoms with Crippen LogP contribution in [0.15, 0.2) is 58.6 Å². The molecule has 1 amide bonds. The molecule has 29 heavy (non-hydrogen) atoms. The van der Waals surface area contributed by atoms with E-state index in [1.54, 1.807) is 20.2 Å². The Labute approximate surface area is 173 Å². The highest BCUT2D eigenvalue weighted by Crippen LogP contribution is 2.21. The average Bonchev–Trinajstić information content (AvgIpc) is 2.74. The van der Waals surface area contributed by atoms with E-state index in [2.05, 4.69) is 20.3 Å². The van der Waals surface area contributed by atoms with Crippen molar-refractivity contribution in [2.24, 2.45) is 0 Å². The number of hydrogen-bond acceptors (Lipinski definition) is 6. The molecule has 0 radical (unpaired) electrons. The SMILES string of the molecule is COc1cccc(CSc2nc(C)c(CC(=O)NCc3ccccn3)c(=O)[nH]2)c1. The van der Waals surface area contributed by atoms with Crippen molar-refractivity contribution in [2.75, 3.05) is 7.11 Å². The summed E-state index contributed by atoms with van der Waals surface area (Å²) in [5, 5.41) is 3.30. The first-order valence-electron chi connectivity index (χ1n) is 9.07. The van der Waals surface area contributed by atoms with E-state index < -0.39 is 0 Å². The van der Waals surface area contributed by atoms with E-state index in [4.69, 9.17) is 4.74 Å². The molecule has 2 N–H and O–H groups in total. The lowest BCUT2D eigenvalue weighted by atomic mass is 10.1. The maximum atomic E-state index is 12.5. The minimum Gasteiger partial charge on any atom is -0.497 e. The monoisotopic (exact) mass is 410 g/mol. The zero-order valence-corrected chi connectivity index (χ0v) is 17.1. The lowest BCUT2D eigenvalue weighted by molar-refractivity contribution is -0.120. The van der Waals surface area contributed by atoms with E-state index in [0.29, 0.717) is 28.7 Å². The number of aromatic nitrogens is 3. The predicted octanol–water partition coefficient (Wildman–Crippen LogP) is 2.63. The Morgan fingerprint density at radius 1 is 1.24 bits per heavy atom. The van der Waals surface area contributed by atoms with Crippen LogP contribution in [0.5, 0.6) is 5.75 Å². The molecule has 0 spiro atoms. The lowest BCUT2D eigenvalue weighted by Gasteiger charge is -2.08. The van der Waals surface area contributed by atoms with Crippen molar-refractivity contribution in [3.8, 4) is 5.75 Å². The molecule has 0 unspecified atom stereocenters. The van der Waals surface area contributed by atoms with Gasteiger partial charge in [-0.3, -0.25) is 14.6 Å². The fourth-order valence-corrected chi connectivity index (χ4v) is 3.54. The third kappa shape index (κ3) is 5.92. The summed E-state index contributed by atoms with van der Waals surface area (Å²) < 4.78 is 5.22. The zero-order chi connectivity index (χ0) is 20.6. The van der Waals surface area contributed by atoms with Crippen LogP contribution in [0.2, 0.25) is 0 Å². The molecule has 1 aromatic carbocycles.